The van der Waals surface area contributed by atoms with Gasteiger partial charge in [-0.1, -0.05) is 40.9 Å². The van der Waals surface area contributed by atoms with Crippen molar-refractivity contribution in [2.45, 2.75) is 6.61 Å². The van der Waals surface area contributed by atoms with Gasteiger partial charge in [-0.25, -0.2) is 0 Å². The first-order valence-electron chi connectivity index (χ1n) is 5.94. The number of aldehydes is 1. The van der Waals surface area contributed by atoms with Crippen LogP contribution in [-0.2, 0) is 6.61 Å². The number of ether oxygens (including phenoxy) is 2. The third-order valence-electron chi connectivity index (χ3n) is 2.76. The lowest BCUT2D eigenvalue weighted by atomic mass is 10.2. The second-order valence-corrected chi connectivity index (χ2v) is 5.41. The molecule has 0 saturated carbocycles. The van der Waals surface area contributed by atoms with Gasteiger partial charge in [0.15, 0.2) is 11.5 Å². The van der Waals surface area contributed by atoms with Crippen molar-refractivity contribution in [1.29, 1.82) is 0 Å². The summed E-state index contributed by atoms with van der Waals surface area (Å²) >= 11 is 17.9. The third-order valence-corrected chi connectivity index (χ3v) is 3.77. The number of hydrogen-bond donors (Lipinski definition) is 0. The first-order chi connectivity index (χ1) is 10.0. The van der Waals surface area contributed by atoms with Crippen LogP contribution in [0.3, 0.4) is 0 Å². The van der Waals surface area contributed by atoms with Gasteiger partial charge < -0.3 is 9.47 Å². The van der Waals surface area contributed by atoms with Gasteiger partial charge in [-0.3, -0.25) is 4.79 Å². The minimum absolute atomic E-state index is 0.243. The van der Waals surface area contributed by atoms with Gasteiger partial charge in [0.1, 0.15) is 12.9 Å². The van der Waals surface area contributed by atoms with Crippen molar-refractivity contribution in [3.63, 3.8) is 0 Å². The third kappa shape index (κ3) is 3.82. The number of rotatable bonds is 5. The van der Waals surface area contributed by atoms with Gasteiger partial charge in [-0.2, -0.15) is 0 Å². The zero-order valence-corrected chi connectivity index (χ0v) is 13.3. The van der Waals surface area contributed by atoms with Crippen LogP contribution in [0.1, 0.15) is 15.9 Å². The summed E-state index contributed by atoms with van der Waals surface area (Å²) in [6.07, 6.45) is 0.692. The van der Waals surface area contributed by atoms with Crippen molar-refractivity contribution in [1.82, 2.24) is 0 Å². The molecule has 0 bridgehead atoms. The number of benzene rings is 2. The standard InChI is InChI=1S/C15H11Cl3O3/c1-20-14-6-10(7-19)5-13(18)15(14)21-8-9-2-3-11(16)12(17)4-9/h2-7H,8H2,1H3. The summed E-state index contributed by atoms with van der Waals surface area (Å²) in [6, 6.07) is 8.28. The summed E-state index contributed by atoms with van der Waals surface area (Å²) in [5.41, 5.74) is 1.25. The average molecular weight is 346 g/mol. The Morgan fingerprint density at radius 2 is 1.81 bits per heavy atom. The van der Waals surface area contributed by atoms with E-state index in [0.717, 1.165) is 5.56 Å². The predicted octanol–water partition coefficient (Wildman–Crippen LogP) is 5.05. The van der Waals surface area contributed by atoms with Crippen molar-refractivity contribution in [2.24, 2.45) is 0 Å². The molecule has 2 aromatic rings. The average Bonchev–Trinajstić information content (AvgIpc) is 2.48. The molecule has 0 fully saturated rings. The summed E-state index contributed by atoms with van der Waals surface area (Å²) in [5.74, 6) is 0.764. The molecule has 0 unspecified atom stereocenters. The zero-order chi connectivity index (χ0) is 15.4. The molecule has 6 heteroatoms. The Labute approximate surface area is 137 Å². The second kappa shape index (κ2) is 7.03. The SMILES string of the molecule is COc1cc(C=O)cc(Cl)c1OCc1ccc(Cl)c(Cl)c1. The molecule has 0 aliphatic heterocycles. The Balaban J connectivity index is 2.23. The van der Waals surface area contributed by atoms with E-state index in [1.54, 1.807) is 24.3 Å². The maximum Gasteiger partial charge on any atom is 0.180 e. The molecule has 0 heterocycles. The Morgan fingerprint density at radius 3 is 2.43 bits per heavy atom. The van der Waals surface area contributed by atoms with Crippen LogP contribution >= 0.6 is 34.8 Å². The van der Waals surface area contributed by atoms with Crippen LogP contribution in [0.5, 0.6) is 11.5 Å². The second-order valence-electron chi connectivity index (χ2n) is 4.19. The first-order valence-corrected chi connectivity index (χ1v) is 7.08. The van der Waals surface area contributed by atoms with Crippen molar-refractivity contribution in [2.75, 3.05) is 7.11 Å². The molecular weight excluding hydrogens is 335 g/mol. The van der Waals surface area contributed by atoms with Crippen LogP contribution in [0.4, 0.5) is 0 Å². The van der Waals surface area contributed by atoms with E-state index in [2.05, 4.69) is 0 Å². The van der Waals surface area contributed by atoms with E-state index in [1.807, 2.05) is 0 Å². The van der Waals surface area contributed by atoms with Gasteiger partial charge in [0, 0.05) is 5.56 Å². The van der Waals surface area contributed by atoms with E-state index in [0.29, 0.717) is 38.4 Å². The van der Waals surface area contributed by atoms with Gasteiger partial charge in [0.2, 0.25) is 0 Å². The summed E-state index contributed by atoms with van der Waals surface area (Å²) in [4.78, 5) is 10.8. The maximum atomic E-state index is 10.8. The molecule has 3 nitrogen and oxygen atoms in total. The van der Waals surface area contributed by atoms with E-state index < -0.39 is 0 Å². The Kier molecular flexibility index (Phi) is 5.34. The smallest absolute Gasteiger partial charge is 0.180 e. The number of carbonyl (C=O) groups excluding carboxylic acids is 1. The van der Waals surface area contributed by atoms with Crippen molar-refractivity contribution in [3.05, 3.63) is 56.5 Å². The van der Waals surface area contributed by atoms with E-state index in [-0.39, 0.29) is 6.61 Å². The van der Waals surface area contributed by atoms with Gasteiger partial charge in [0.05, 0.1) is 22.2 Å². The van der Waals surface area contributed by atoms with Gasteiger partial charge in [-0.05, 0) is 29.8 Å². The largest absolute Gasteiger partial charge is 0.493 e. The maximum absolute atomic E-state index is 10.8. The van der Waals surface area contributed by atoms with E-state index in [1.165, 1.54) is 13.2 Å². The lowest BCUT2D eigenvalue weighted by Crippen LogP contribution is -1.99. The topological polar surface area (TPSA) is 35.5 Å². The molecule has 0 spiro atoms. The molecule has 0 aromatic heterocycles. The highest BCUT2D eigenvalue weighted by atomic mass is 35.5. The summed E-state index contributed by atoms with van der Waals surface area (Å²) < 4.78 is 10.8. The summed E-state index contributed by atoms with van der Waals surface area (Å²) in [6.45, 7) is 0.243. The van der Waals surface area contributed by atoms with Crippen LogP contribution < -0.4 is 9.47 Å². The minimum atomic E-state index is 0.243. The first kappa shape index (κ1) is 16.0. The van der Waals surface area contributed by atoms with Crippen molar-refractivity contribution >= 4 is 41.1 Å². The highest BCUT2D eigenvalue weighted by Crippen LogP contribution is 2.36. The minimum Gasteiger partial charge on any atom is -0.493 e. The molecule has 0 aliphatic carbocycles. The fourth-order valence-corrected chi connectivity index (χ4v) is 2.33. The van der Waals surface area contributed by atoms with Gasteiger partial charge in [0.25, 0.3) is 0 Å². The molecule has 21 heavy (non-hydrogen) atoms. The number of halogens is 3. The normalized spacial score (nSPS) is 10.3. The van der Waals surface area contributed by atoms with Crippen LogP contribution in [-0.4, -0.2) is 13.4 Å². The predicted molar refractivity (Wildman–Crippen MR) is 84.2 cm³/mol. The summed E-state index contributed by atoms with van der Waals surface area (Å²) in [5, 5.41) is 1.23. The Hall–Kier alpha value is -1.42. The monoisotopic (exact) mass is 344 g/mol. The van der Waals surface area contributed by atoms with Crippen LogP contribution in [0.25, 0.3) is 0 Å². The van der Waals surface area contributed by atoms with Gasteiger partial charge in [-0.15, -0.1) is 0 Å². The molecule has 0 N–H and O–H groups in total. The zero-order valence-electron chi connectivity index (χ0n) is 11.0. The molecule has 0 saturated heterocycles. The lowest BCUT2D eigenvalue weighted by molar-refractivity contribution is 0.112. The molecule has 0 atom stereocenters. The van der Waals surface area contributed by atoms with Crippen LogP contribution in [0, 0.1) is 0 Å². The fraction of sp³-hybridized carbons (Fsp3) is 0.133. The number of methoxy groups -OCH3 is 1. The molecular formula is C15H11Cl3O3. The highest BCUT2D eigenvalue weighted by Gasteiger charge is 2.12. The van der Waals surface area contributed by atoms with Crippen LogP contribution in [0.2, 0.25) is 15.1 Å². The molecule has 110 valence electrons. The Morgan fingerprint density at radius 1 is 1.05 bits per heavy atom. The molecule has 0 aliphatic rings. The van der Waals surface area contributed by atoms with Crippen molar-refractivity contribution in [3.8, 4) is 11.5 Å². The number of carbonyl (C=O) groups is 1. The van der Waals surface area contributed by atoms with Crippen molar-refractivity contribution < 1.29 is 14.3 Å². The lowest BCUT2D eigenvalue weighted by Gasteiger charge is -2.13. The van der Waals surface area contributed by atoms with E-state index in [9.17, 15) is 4.79 Å². The van der Waals surface area contributed by atoms with E-state index >= 15 is 0 Å². The van der Waals surface area contributed by atoms with Crippen LogP contribution in [0.15, 0.2) is 30.3 Å². The number of hydrogen-bond acceptors (Lipinski definition) is 3. The Bertz CT molecular complexity index is 671. The summed E-state index contributed by atoms with van der Waals surface area (Å²) in [7, 11) is 1.48. The fourth-order valence-electron chi connectivity index (χ4n) is 1.73. The highest BCUT2D eigenvalue weighted by molar-refractivity contribution is 6.42. The molecule has 0 radical (unpaired) electrons. The van der Waals surface area contributed by atoms with Gasteiger partial charge >= 0.3 is 0 Å². The molecule has 0 amide bonds. The quantitative estimate of drug-likeness (QED) is 0.712. The van der Waals surface area contributed by atoms with E-state index in [4.69, 9.17) is 44.3 Å². The molecule has 2 aromatic carbocycles. The molecule has 2 rings (SSSR count).